The number of hydrogen-bond acceptors (Lipinski definition) is 3. The highest BCUT2D eigenvalue weighted by molar-refractivity contribution is 5.76. The van der Waals surface area contributed by atoms with Crippen molar-refractivity contribution < 1.29 is 9.59 Å². The Balaban J connectivity index is 1.93. The Kier molecular flexibility index (Phi) is 8.48. The lowest BCUT2D eigenvalue weighted by Gasteiger charge is -2.37. The van der Waals surface area contributed by atoms with E-state index in [0.29, 0.717) is 43.8 Å². The van der Waals surface area contributed by atoms with E-state index in [0.717, 1.165) is 12.0 Å². The van der Waals surface area contributed by atoms with E-state index in [9.17, 15) is 9.59 Å². The highest BCUT2D eigenvalue weighted by Gasteiger charge is 2.32. The zero-order valence-electron chi connectivity index (χ0n) is 17.5. The van der Waals surface area contributed by atoms with E-state index in [1.165, 1.54) is 5.57 Å². The van der Waals surface area contributed by atoms with Crippen LogP contribution in [0.15, 0.2) is 36.2 Å². The normalized spacial score (nSPS) is 21.8. The van der Waals surface area contributed by atoms with E-state index in [2.05, 4.69) is 47.8 Å². The Morgan fingerprint density at radius 2 is 2.04 bits per heavy atom. The quantitative estimate of drug-likeness (QED) is 0.600. The van der Waals surface area contributed by atoms with Gasteiger partial charge in [0.05, 0.1) is 0 Å². The van der Waals surface area contributed by atoms with Gasteiger partial charge in [0, 0.05) is 38.4 Å². The van der Waals surface area contributed by atoms with E-state index in [1.54, 1.807) is 12.4 Å². The Bertz CT molecular complexity index is 672. The number of nitrogens with zero attached hydrogens (tertiary/aromatic N) is 1. The number of allylic oxidation sites excluding steroid dienone is 1. The summed E-state index contributed by atoms with van der Waals surface area (Å²) in [5, 5.41) is 8.75. The molecule has 2 rings (SSSR count). The van der Waals surface area contributed by atoms with Crippen molar-refractivity contribution in [3.8, 4) is 0 Å². The summed E-state index contributed by atoms with van der Waals surface area (Å²) in [5.41, 5.74) is 2.25. The van der Waals surface area contributed by atoms with Gasteiger partial charge in [-0.3, -0.25) is 9.78 Å². The lowest BCUT2D eigenvalue weighted by molar-refractivity contribution is -0.122. The fourth-order valence-electron chi connectivity index (χ4n) is 3.94. The van der Waals surface area contributed by atoms with Crippen LogP contribution < -0.4 is 16.0 Å². The van der Waals surface area contributed by atoms with Gasteiger partial charge in [-0.2, -0.15) is 0 Å². The summed E-state index contributed by atoms with van der Waals surface area (Å²) in [5.74, 6) is 1.57. The summed E-state index contributed by atoms with van der Waals surface area (Å²) >= 11 is 0. The molecule has 1 aliphatic rings. The van der Waals surface area contributed by atoms with Gasteiger partial charge < -0.3 is 16.0 Å². The molecule has 0 fully saturated rings. The molecule has 6 nitrogen and oxygen atoms in total. The van der Waals surface area contributed by atoms with Crippen LogP contribution >= 0.6 is 0 Å². The molecule has 3 amide bonds. The Morgan fingerprint density at radius 1 is 1.25 bits per heavy atom. The molecule has 3 atom stereocenters. The molecule has 1 heterocycles. The second-order valence-electron chi connectivity index (χ2n) is 8.00. The average molecular weight is 387 g/mol. The number of hydrogen-bond donors (Lipinski definition) is 3. The van der Waals surface area contributed by atoms with Gasteiger partial charge in [-0.05, 0) is 55.6 Å². The van der Waals surface area contributed by atoms with Crippen molar-refractivity contribution in [2.75, 3.05) is 13.1 Å². The molecule has 0 aromatic carbocycles. The first-order valence-electron chi connectivity index (χ1n) is 10.3. The van der Waals surface area contributed by atoms with Crippen molar-refractivity contribution in [2.24, 2.45) is 23.7 Å². The van der Waals surface area contributed by atoms with Crippen LogP contribution in [0.4, 0.5) is 4.79 Å². The average Bonchev–Trinajstić information content (AvgIpc) is 2.67. The van der Waals surface area contributed by atoms with E-state index in [4.69, 9.17) is 0 Å². The minimum atomic E-state index is -0.118. The largest absolute Gasteiger partial charge is 0.352 e. The van der Waals surface area contributed by atoms with E-state index in [1.807, 2.05) is 19.1 Å². The van der Waals surface area contributed by atoms with Crippen molar-refractivity contribution in [1.82, 2.24) is 20.9 Å². The fraction of sp³-hybridized carbons (Fsp3) is 0.591. The third kappa shape index (κ3) is 6.66. The van der Waals surface area contributed by atoms with Gasteiger partial charge in [-0.15, -0.1) is 0 Å². The van der Waals surface area contributed by atoms with Crippen LogP contribution in [0.1, 0.15) is 46.1 Å². The van der Waals surface area contributed by atoms with Gasteiger partial charge in [0.15, 0.2) is 0 Å². The number of rotatable bonds is 8. The van der Waals surface area contributed by atoms with Gasteiger partial charge in [-0.1, -0.05) is 31.6 Å². The summed E-state index contributed by atoms with van der Waals surface area (Å²) in [6, 6.07) is 3.71. The molecule has 0 saturated heterocycles. The molecule has 0 spiro atoms. The third-order valence-corrected chi connectivity index (χ3v) is 5.56. The van der Waals surface area contributed by atoms with Crippen LogP contribution in [0.25, 0.3) is 0 Å². The molecule has 0 bridgehead atoms. The summed E-state index contributed by atoms with van der Waals surface area (Å²) in [4.78, 5) is 28.3. The molecule has 28 heavy (non-hydrogen) atoms. The molecule has 0 saturated carbocycles. The molecule has 6 heteroatoms. The molecule has 1 aromatic rings. The van der Waals surface area contributed by atoms with Crippen molar-refractivity contribution in [3.05, 3.63) is 41.7 Å². The first-order chi connectivity index (χ1) is 13.4. The number of amides is 3. The smallest absolute Gasteiger partial charge is 0.314 e. The van der Waals surface area contributed by atoms with Crippen LogP contribution in [-0.2, 0) is 11.3 Å². The molecule has 0 radical (unpaired) electrons. The van der Waals surface area contributed by atoms with Gasteiger partial charge in [0.25, 0.3) is 0 Å². The van der Waals surface area contributed by atoms with Crippen LogP contribution in [0.2, 0.25) is 0 Å². The third-order valence-electron chi connectivity index (χ3n) is 5.56. The van der Waals surface area contributed by atoms with Gasteiger partial charge in [0.2, 0.25) is 5.91 Å². The molecule has 0 unspecified atom stereocenters. The zero-order valence-corrected chi connectivity index (χ0v) is 17.5. The topological polar surface area (TPSA) is 83.1 Å². The fourth-order valence-corrected chi connectivity index (χ4v) is 3.94. The Labute approximate surface area is 168 Å². The van der Waals surface area contributed by atoms with Crippen LogP contribution in [-0.4, -0.2) is 30.0 Å². The van der Waals surface area contributed by atoms with Gasteiger partial charge in [0.1, 0.15) is 0 Å². The second kappa shape index (κ2) is 10.8. The van der Waals surface area contributed by atoms with Crippen LogP contribution in [0.5, 0.6) is 0 Å². The lowest BCUT2D eigenvalue weighted by atomic mass is 9.70. The maximum absolute atomic E-state index is 12.5. The maximum Gasteiger partial charge on any atom is 0.314 e. The van der Waals surface area contributed by atoms with Gasteiger partial charge >= 0.3 is 6.03 Å². The first kappa shape index (κ1) is 21.9. The molecule has 3 N–H and O–H groups in total. The predicted molar refractivity (Wildman–Crippen MR) is 111 cm³/mol. The summed E-state index contributed by atoms with van der Waals surface area (Å²) in [6.45, 7) is 10.2. The van der Waals surface area contributed by atoms with Crippen molar-refractivity contribution in [2.45, 2.75) is 47.1 Å². The molecule has 1 aliphatic carbocycles. The van der Waals surface area contributed by atoms with Gasteiger partial charge in [-0.25, -0.2) is 4.79 Å². The monoisotopic (exact) mass is 386 g/mol. The lowest BCUT2D eigenvalue weighted by Crippen LogP contribution is -2.41. The standard InChI is InChI=1S/C22H34N4O2/c1-5-24-22(28)26-14-19-9-16(4)18(10-20(19)15(2)3)11-21(27)25-13-17-7-6-8-23-12-17/h6-9,12,15,18-20H,5,10-11,13-14H2,1-4H3,(H,25,27)(H2,24,26,28)/t18-,19-,20-/m0/s1. The number of pyridine rings is 1. The number of carbonyl (C=O) groups is 2. The van der Waals surface area contributed by atoms with E-state index < -0.39 is 0 Å². The number of carbonyl (C=O) groups excluding carboxylic acids is 2. The molecular formula is C22H34N4O2. The molecular weight excluding hydrogens is 352 g/mol. The number of nitrogens with one attached hydrogen (secondary N) is 3. The summed E-state index contributed by atoms with van der Waals surface area (Å²) in [7, 11) is 0. The first-order valence-corrected chi connectivity index (χ1v) is 10.3. The zero-order chi connectivity index (χ0) is 20.5. The molecule has 0 aliphatic heterocycles. The Hall–Kier alpha value is -2.37. The van der Waals surface area contributed by atoms with Crippen molar-refractivity contribution >= 4 is 11.9 Å². The van der Waals surface area contributed by atoms with E-state index >= 15 is 0 Å². The summed E-state index contributed by atoms with van der Waals surface area (Å²) < 4.78 is 0. The Morgan fingerprint density at radius 3 is 2.68 bits per heavy atom. The van der Waals surface area contributed by atoms with E-state index in [-0.39, 0.29) is 17.9 Å². The summed E-state index contributed by atoms with van der Waals surface area (Å²) in [6.07, 6.45) is 7.24. The highest BCUT2D eigenvalue weighted by Crippen LogP contribution is 2.38. The number of aromatic nitrogens is 1. The van der Waals surface area contributed by atoms with Crippen LogP contribution in [0, 0.1) is 23.7 Å². The SMILES string of the molecule is CCNC(=O)NC[C@@H]1C=C(C)[C@H](CC(=O)NCc2cccnc2)C[C@H]1C(C)C. The maximum atomic E-state index is 12.5. The van der Waals surface area contributed by atoms with Crippen molar-refractivity contribution in [3.63, 3.8) is 0 Å². The second-order valence-corrected chi connectivity index (χ2v) is 8.00. The van der Waals surface area contributed by atoms with Crippen LogP contribution in [0.3, 0.4) is 0 Å². The predicted octanol–water partition coefficient (Wildman–Crippen LogP) is 3.26. The minimum absolute atomic E-state index is 0.0722. The van der Waals surface area contributed by atoms with Crippen molar-refractivity contribution in [1.29, 1.82) is 0 Å². The highest BCUT2D eigenvalue weighted by atomic mass is 16.2. The molecule has 1 aromatic heterocycles. The minimum Gasteiger partial charge on any atom is -0.352 e. The molecule has 154 valence electrons. The number of urea groups is 1.